The fraction of sp³-hybridized carbons (Fsp3) is 0.600. The van der Waals surface area contributed by atoms with E-state index >= 15 is 0 Å². The third-order valence-corrected chi connectivity index (χ3v) is 7.22. The summed E-state index contributed by atoms with van der Waals surface area (Å²) in [7, 11) is 0. The molecule has 1 saturated heterocycles. The van der Waals surface area contributed by atoms with E-state index < -0.39 is 16.4 Å². The third kappa shape index (κ3) is 1.81. The van der Waals surface area contributed by atoms with E-state index in [9.17, 15) is 14.0 Å². The first-order valence-electron chi connectivity index (χ1n) is 9.00. The molecule has 134 valence electrons. The number of esters is 1. The Morgan fingerprint density at radius 3 is 2.60 bits per heavy atom. The van der Waals surface area contributed by atoms with Gasteiger partial charge in [-0.25, -0.2) is 4.39 Å². The molecule has 2 aliphatic heterocycles. The quantitative estimate of drug-likeness (QED) is 0.731. The van der Waals surface area contributed by atoms with Crippen LogP contribution in [0.15, 0.2) is 18.2 Å². The van der Waals surface area contributed by atoms with Gasteiger partial charge in [-0.3, -0.25) is 9.59 Å². The van der Waals surface area contributed by atoms with Crippen molar-refractivity contribution < 1.29 is 18.7 Å². The van der Waals surface area contributed by atoms with Crippen molar-refractivity contribution in [2.45, 2.75) is 65.0 Å². The van der Waals surface area contributed by atoms with Crippen molar-refractivity contribution in [2.24, 2.45) is 10.8 Å². The van der Waals surface area contributed by atoms with Crippen LogP contribution >= 0.6 is 0 Å². The molecule has 4 rings (SSSR count). The number of halogens is 1. The number of amides is 1. The van der Waals surface area contributed by atoms with E-state index in [-0.39, 0.29) is 23.7 Å². The lowest BCUT2D eigenvalue weighted by Crippen LogP contribution is -2.58. The zero-order chi connectivity index (χ0) is 18.2. The molecule has 0 N–H and O–H groups in total. The number of rotatable bonds is 1. The van der Waals surface area contributed by atoms with Crippen LogP contribution in [0.3, 0.4) is 0 Å². The lowest BCUT2D eigenvalue weighted by Gasteiger charge is -2.43. The molecular formula is C20H24FNO3. The summed E-state index contributed by atoms with van der Waals surface area (Å²) in [5, 5.41) is 0. The topological polar surface area (TPSA) is 46.6 Å². The highest BCUT2D eigenvalue weighted by Gasteiger charge is 2.76. The predicted molar refractivity (Wildman–Crippen MR) is 91.6 cm³/mol. The molecule has 0 radical (unpaired) electrons. The summed E-state index contributed by atoms with van der Waals surface area (Å²) in [5.74, 6) is -0.729. The van der Waals surface area contributed by atoms with Gasteiger partial charge >= 0.3 is 5.97 Å². The Balaban J connectivity index is 1.81. The Kier molecular flexibility index (Phi) is 3.20. The Hall–Kier alpha value is -1.91. The fourth-order valence-corrected chi connectivity index (χ4v) is 4.95. The Bertz CT molecular complexity index is 789. The number of fused-ring (bicyclic) bond motifs is 3. The van der Waals surface area contributed by atoms with Crippen LogP contribution in [0.4, 0.5) is 10.1 Å². The van der Waals surface area contributed by atoms with Crippen LogP contribution in [0.2, 0.25) is 0 Å². The van der Waals surface area contributed by atoms with E-state index in [0.29, 0.717) is 12.8 Å². The monoisotopic (exact) mass is 345 g/mol. The first-order chi connectivity index (χ1) is 11.6. The Morgan fingerprint density at radius 2 is 2.00 bits per heavy atom. The molecule has 1 aromatic carbocycles. The highest BCUT2D eigenvalue weighted by molar-refractivity contribution is 6.05. The largest absolute Gasteiger partial charge is 0.448 e. The van der Waals surface area contributed by atoms with Gasteiger partial charge in [-0.15, -0.1) is 0 Å². The molecule has 2 bridgehead atoms. The van der Waals surface area contributed by atoms with Crippen molar-refractivity contribution in [3.63, 3.8) is 0 Å². The maximum Gasteiger partial charge on any atom is 0.313 e. The van der Waals surface area contributed by atoms with Gasteiger partial charge in [0.2, 0.25) is 0 Å². The summed E-state index contributed by atoms with van der Waals surface area (Å²) in [5.41, 5.74) is -0.757. The van der Waals surface area contributed by atoms with Crippen LogP contribution in [-0.4, -0.2) is 23.5 Å². The predicted octanol–water partition coefficient (Wildman–Crippen LogP) is 3.62. The van der Waals surface area contributed by atoms with Gasteiger partial charge in [0.15, 0.2) is 5.60 Å². The van der Waals surface area contributed by atoms with Crippen LogP contribution in [0.25, 0.3) is 0 Å². The van der Waals surface area contributed by atoms with Gasteiger partial charge in [-0.2, -0.15) is 0 Å². The summed E-state index contributed by atoms with van der Waals surface area (Å²) in [6, 6.07) is 4.55. The Morgan fingerprint density at radius 1 is 1.28 bits per heavy atom. The lowest BCUT2D eigenvalue weighted by atomic mass is 9.66. The van der Waals surface area contributed by atoms with Gasteiger partial charge in [0.25, 0.3) is 5.91 Å². The molecule has 0 spiro atoms. The summed E-state index contributed by atoms with van der Waals surface area (Å²) >= 11 is 0. The SMILES string of the molecule is C[C@@H]1CCc2cc(F)ccc2N1C(=O)[C@@]12CC[C@](C)(C(=O)O1)C2(C)C. The number of ether oxygens (including phenoxy) is 1. The number of hydrogen-bond donors (Lipinski definition) is 0. The van der Waals surface area contributed by atoms with Crippen LogP contribution < -0.4 is 4.90 Å². The van der Waals surface area contributed by atoms with E-state index in [1.165, 1.54) is 12.1 Å². The minimum absolute atomic E-state index is 0.0122. The minimum atomic E-state index is -1.13. The minimum Gasteiger partial charge on any atom is -0.448 e. The molecule has 1 saturated carbocycles. The third-order valence-electron chi connectivity index (χ3n) is 7.22. The molecule has 3 atom stereocenters. The summed E-state index contributed by atoms with van der Waals surface area (Å²) in [6.07, 6.45) is 2.71. The highest BCUT2D eigenvalue weighted by Crippen LogP contribution is 2.66. The van der Waals surface area contributed by atoms with E-state index in [1.807, 2.05) is 27.7 Å². The first-order valence-corrected chi connectivity index (χ1v) is 9.00. The molecule has 2 fully saturated rings. The first kappa shape index (κ1) is 16.6. The average Bonchev–Trinajstić information content (AvgIpc) is 2.85. The van der Waals surface area contributed by atoms with Crippen molar-refractivity contribution in [1.82, 2.24) is 0 Å². The summed E-state index contributed by atoms with van der Waals surface area (Å²) in [4.78, 5) is 27.9. The Labute approximate surface area is 147 Å². The molecule has 0 aromatic heterocycles. The lowest BCUT2D eigenvalue weighted by molar-refractivity contribution is -0.167. The van der Waals surface area contributed by atoms with Crippen LogP contribution in [0, 0.1) is 16.6 Å². The number of carbonyl (C=O) groups excluding carboxylic acids is 2. The number of nitrogens with zero attached hydrogens (tertiary/aromatic N) is 1. The van der Waals surface area contributed by atoms with E-state index in [4.69, 9.17) is 4.74 Å². The number of aryl methyl sites for hydroxylation is 1. The van der Waals surface area contributed by atoms with Gasteiger partial charge in [-0.1, -0.05) is 13.8 Å². The average molecular weight is 345 g/mol. The number of anilines is 1. The molecule has 5 heteroatoms. The number of carbonyl (C=O) groups is 2. The molecular weight excluding hydrogens is 321 g/mol. The second-order valence-corrected chi connectivity index (χ2v) is 8.51. The summed E-state index contributed by atoms with van der Waals surface area (Å²) in [6.45, 7) is 7.82. The molecule has 25 heavy (non-hydrogen) atoms. The zero-order valence-electron chi connectivity index (χ0n) is 15.2. The fourth-order valence-electron chi connectivity index (χ4n) is 4.95. The van der Waals surface area contributed by atoms with Crippen LogP contribution in [0.1, 0.15) is 52.5 Å². The maximum absolute atomic E-state index is 13.7. The molecule has 3 aliphatic rings. The second-order valence-electron chi connectivity index (χ2n) is 8.51. The van der Waals surface area contributed by atoms with E-state index in [1.54, 1.807) is 11.0 Å². The highest BCUT2D eigenvalue weighted by atomic mass is 19.1. The van der Waals surface area contributed by atoms with E-state index in [2.05, 4.69) is 0 Å². The van der Waals surface area contributed by atoms with Gasteiger partial charge < -0.3 is 9.64 Å². The maximum atomic E-state index is 13.7. The van der Waals surface area contributed by atoms with Gasteiger partial charge in [0.05, 0.1) is 5.41 Å². The normalized spacial score (nSPS) is 35.5. The van der Waals surface area contributed by atoms with Crippen molar-refractivity contribution in [3.8, 4) is 0 Å². The van der Waals surface area contributed by atoms with Crippen LogP contribution in [0.5, 0.6) is 0 Å². The number of hydrogen-bond acceptors (Lipinski definition) is 3. The molecule has 1 aliphatic carbocycles. The molecule has 1 amide bonds. The molecule has 2 heterocycles. The van der Waals surface area contributed by atoms with E-state index in [0.717, 1.165) is 24.1 Å². The standard InChI is InChI=1S/C20H24FNO3/c1-12-5-6-13-11-14(21)7-8-15(13)22(12)16(23)20-10-9-19(4,17(24)25-20)18(20,2)3/h7-8,11-12H,5-6,9-10H2,1-4H3/t12-,19-,20-/m1/s1. The van der Waals surface area contributed by atoms with Crippen LogP contribution in [-0.2, 0) is 20.7 Å². The molecule has 0 unspecified atom stereocenters. The molecule has 4 nitrogen and oxygen atoms in total. The molecule has 1 aromatic rings. The van der Waals surface area contributed by atoms with Crippen molar-refractivity contribution >= 4 is 17.6 Å². The number of benzene rings is 1. The second kappa shape index (κ2) is 4.83. The van der Waals surface area contributed by atoms with Crippen molar-refractivity contribution in [2.75, 3.05) is 4.90 Å². The smallest absolute Gasteiger partial charge is 0.313 e. The summed E-state index contributed by atoms with van der Waals surface area (Å²) < 4.78 is 19.4. The van der Waals surface area contributed by atoms with Gasteiger partial charge in [0.1, 0.15) is 5.82 Å². The van der Waals surface area contributed by atoms with Gasteiger partial charge in [-0.05, 0) is 63.3 Å². The van der Waals surface area contributed by atoms with Crippen molar-refractivity contribution in [1.29, 1.82) is 0 Å². The van der Waals surface area contributed by atoms with Crippen molar-refractivity contribution in [3.05, 3.63) is 29.6 Å². The zero-order valence-corrected chi connectivity index (χ0v) is 15.2. The van der Waals surface area contributed by atoms with Gasteiger partial charge in [0, 0.05) is 17.1 Å².